The summed E-state index contributed by atoms with van der Waals surface area (Å²) in [6.45, 7) is 3.75. The Bertz CT molecular complexity index is 1040. The molecule has 7 nitrogen and oxygen atoms in total. The van der Waals surface area contributed by atoms with E-state index in [1.165, 1.54) is 5.56 Å². The monoisotopic (exact) mass is 476 g/mol. The quantitative estimate of drug-likeness (QED) is 0.546. The van der Waals surface area contributed by atoms with Gasteiger partial charge in [0.2, 0.25) is 11.8 Å². The second-order valence-electron chi connectivity index (χ2n) is 9.80. The molecule has 2 amide bonds. The number of carbonyl (C=O) groups excluding carboxylic acids is 3. The number of rotatable bonds is 10. The minimum Gasteiger partial charge on any atom is -0.370 e. The number of aromatic nitrogens is 1. The highest BCUT2D eigenvalue weighted by Crippen LogP contribution is 2.24. The smallest absolute Gasteiger partial charge is 0.222 e. The molecule has 4 rings (SSSR count). The molecule has 7 heteroatoms. The number of hydrogen-bond donors (Lipinski definition) is 2. The van der Waals surface area contributed by atoms with E-state index < -0.39 is 0 Å². The van der Waals surface area contributed by atoms with E-state index >= 15 is 0 Å². The molecule has 0 spiro atoms. The SMILES string of the molecule is CC(=O)C[C@H](CC(=O)N[C@H]1CCN(C(=O)CCCc2ccc3c(n2)NCCC3)C1)c1ccccc1. The van der Waals surface area contributed by atoms with Crippen molar-refractivity contribution in [3.8, 4) is 0 Å². The van der Waals surface area contributed by atoms with Gasteiger partial charge in [0, 0.05) is 50.6 Å². The number of anilines is 1. The maximum Gasteiger partial charge on any atom is 0.222 e. The number of likely N-dealkylation sites (tertiary alicyclic amines) is 1. The molecule has 0 bridgehead atoms. The van der Waals surface area contributed by atoms with Gasteiger partial charge in [0.1, 0.15) is 11.6 Å². The molecule has 0 radical (unpaired) electrons. The van der Waals surface area contributed by atoms with Gasteiger partial charge in [-0.1, -0.05) is 36.4 Å². The fourth-order valence-electron chi connectivity index (χ4n) is 5.08. The third-order valence-corrected chi connectivity index (χ3v) is 6.92. The highest BCUT2D eigenvalue weighted by Gasteiger charge is 2.28. The average Bonchev–Trinajstić information content (AvgIpc) is 3.32. The molecule has 2 atom stereocenters. The number of nitrogens with zero attached hydrogens (tertiary/aromatic N) is 2. The summed E-state index contributed by atoms with van der Waals surface area (Å²) in [7, 11) is 0. The van der Waals surface area contributed by atoms with Gasteiger partial charge in [-0.3, -0.25) is 9.59 Å². The van der Waals surface area contributed by atoms with Crippen LogP contribution in [0.3, 0.4) is 0 Å². The van der Waals surface area contributed by atoms with Gasteiger partial charge in [0.25, 0.3) is 0 Å². The Labute approximate surface area is 207 Å². The lowest BCUT2D eigenvalue weighted by Gasteiger charge is -2.19. The molecule has 186 valence electrons. The number of hydrogen-bond acceptors (Lipinski definition) is 5. The van der Waals surface area contributed by atoms with Gasteiger partial charge in [-0.15, -0.1) is 0 Å². The summed E-state index contributed by atoms with van der Waals surface area (Å²) in [5.41, 5.74) is 3.30. The summed E-state index contributed by atoms with van der Waals surface area (Å²) >= 11 is 0. The molecule has 2 aliphatic rings. The number of Topliss-reactive ketones (excluding diaryl/α,β-unsaturated/α-hetero) is 1. The lowest BCUT2D eigenvalue weighted by molar-refractivity contribution is -0.130. The molecule has 1 aromatic heterocycles. The Morgan fingerprint density at radius 3 is 2.77 bits per heavy atom. The third-order valence-electron chi connectivity index (χ3n) is 6.92. The first-order valence-electron chi connectivity index (χ1n) is 12.8. The standard InChI is InChI=1S/C28H36N4O3/c1-20(33)17-23(21-7-3-2-4-8-21)18-26(34)30-25-14-16-32(19-25)27(35)11-5-10-24-13-12-22-9-6-15-29-28(22)31-24/h2-4,7-8,12-13,23,25H,5-6,9-11,14-19H2,1H3,(H,29,31)(H,30,34)/t23-,25+/m1/s1. The minimum atomic E-state index is -0.125. The molecule has 1 fully saturated rings. The lowest BCUT2D eigenvalue weighted by atomic mass is 9.90. The van der Waals surface area contributed by atoms with Crippen molar-refractivity contribution >= 4 is 23.4 Å². The molecule has 35 heavy (non-hydrogen) atoms. The van der Waals surface area contributed by atoms with Crippen LogP contribution in [0.15, 0.2) is 42.5 Å². The van der Waals surface area contributed by atoms with Crippen LogP contribution in [0.5, 0.6) is 0 Å². The molecule has 3 heterocycles. The van der Waals surface area contributed by atoms with Gasteiger partial charge in [-0.25, -0.2) is 4.98 Å². The van der Waals surface area contributed by atoms with E-state index in [1.54, 1.807) is 6.92 Å². The van der Waals surface area contributed by atoms with Crippen molar-refractivity contribution in [3.63, 3.8) is 0 Å². The Balaban J connectivity index is 1.20. The van der Waals surface area contributed by atoms with Crippen LogP contribution in [-0.2, 0) is 27.2 Å². The van der Waals surface area contributed by atoms with Gasteiger partial charge in [-0.05, 0) is 62.1 Å². The van der Waals surface area contributed by atoms with Crippen molar-refractivity contribution in [2.24, 2.45) is 0 Å². The first-order chi connectivity index (χ1) is 17.0. The van der Waals surface area contributed by atoms with E-state index in [0.717, 1.165) is 55.7 Å². The Hall–Kier alpha value is -3.22. The summed E-state index contributed by atoms with van der Waals surface area (Å²) in [6, 6.07) is 13.9. The predicted octanol–water partition coefficient (Wildman–Crippen LogP) is 3.63. The number of aryl methyl sites for hydroxylation is 2. The van der Waals surface area contributed by atoms with Crippen LogP contribution in [-0.4, -0.2) is 53.2 Å². The first kappa shape index (κ1) is 24.9. The molecule has 0 saturated carbocycles. The summed E-state index contributed by atoms with van der Waals surface area (Å²) in [6.07, 6.45) is 5.64. The molecule has 0 unspecified atom stereocenters. The van der Waals surface area contributed by atoms with E-state index in [4.69, 9.17) is 4.98 Å². The fourth-order valence-corrected chi connectivity index (χ4v) is 5.08. The van der Waals surface area contributed by atoms with Gasteiger partial charge >= 0.3 is 0 Å². The van der Waals surface area contributed by atoms with Crippen LogP contribution in [0, 0.1) is 0 Å². The summed E-state index contributed by atoms with van der Waals surface area (Å²) in [4.78, 5) is 43.8. The molecular weight excluding hydrogens is 440 g/mol. The van der Waals surface area contributed by atoms with Crippen LogP contribution >= 0.6 is 0 Å². The Morgan fingerprint density at radius 1 is 1.14 bits per heavy atom. The largest absolute Gasteiger partial charge is 0.370 e. The van der Waals surface area contributed by atoms with Crippen molar-refractivity contribution in [2.45, 2.75) is 70.3 Å². The van der Waals surface area contributed by atoms with E-state index in [2.05, 4.69) is 22.8 Å². The second kappa shape index (κ2) is 12.0. The first-order valence-corrected chi connectivity index (χ1v) is 12.8. The maximum atomic E-state index is 12.7. The van der Waals surface area contributed by atoms with Crippen molar-refractivity contribution < 1.29 is 14.4 Å². The third kappa shape index (κ3) is 7.13. The van der Waals surface area contributed by atoms with Crippen LogP contribution < -0.4 is 10.6 Å². The molecule has 1 aromatic carbocycles. The van der Waals surface area contributed by atoms with Crippen molar-refractivity contribution in [2.75, 3.05) is 25.0 Å². The van der Waals surface area contributed by atoms with Gasteiger partial charge in [0.05, 0.1) is 0 Å². The molecule has 0 aliphatic carbocycles. The Kier molecular flexibility index (Phi) is 8.50. The van der Waals surface area contributed by atoms with Crippen LogP contribution in [0.4, 0.5) is 5.82 Å². The van der Waals surface area contributed by atoms with Crippen LogP contribution in [0.25, 0.3) is 0 Å². The lowest BCUT2D eigenvalue weighted by Crippen LogP contribution is -2.39. The summed E-state index contributed by atoms with van der Waals surface area (Å²) < 4.78 is 0. The molecule has 1 saturated heterocycles. The van der Waals surface area contributed by atoms with Gasteiger partial charge < -0.3 is 20.3 Å². The zero-order chi connectivity index (χ0) is 24.6. The summed E-state index contributed by atoms with van der Waals surface area (Å²) in [5.74, 6) is 1.02. The molecule has 2 N–H and O–H groups in total. The summed E-state index contributed by atoms with van der Waals surface area (Å²) in [5, 5.41) is 6.45. The van der Waals surface area contributed by atoms with Crippen molar-refractivity contribution in [1.29, 1.82) is 0 Å². The zero-order valence-corrected chi connectivity index (χ0v) is 20.6. The van der Waals surface area contributed by atoms with Gasteiger partial charge in [0.15, 0.2) is 0 Å². The minimum absolute atomic E-state index is 0.0337. The number of fused-ring (bicyclic) bond motifs is 1. The second-order valence-corrected chi connectivity index (χ2v) is 9.80. The van der Waals surface area contributed by atoms with E-state index in [1.807, 2.05) is 35.2 Å². The zero-order valence-electron chi connectivity index (χ0n) is 20.6. The van der Waals surface area contributed by atoms with E-state index in [-0.39, 0.29) is 36.0 Å². The van der Waals surface area contributed by atoms with Crippen molar-refractivity contribution in [1.82, 2.24) is 15.2 Å². The van der Waals surface area contributed by atoms with Gasteiger partial charge in [-0.2, -0.15) is 0 Å². The van der Waals surface area contributed by atoms with E-state index in [9.17, 15) is 14.4 Å². The number of benzene rings is 1. The fraction of sp³-hybridized carbons (Fsp3) is 0.500. The van der Waals surface area contributed by atoms with Crippen LogP contribution in [0.1, 0.15) is 68.2 Å². The topological polar surface area (TPSA) is 91.4 Å². The highest BCUT2D eigenvalue weighted by molar-refractivity contribution is 5.81. The van der Waals surface area contributed by atoms with E-state index in [0.29, 0.717) is 25.9 Å². The van der Waals surface area contributed by atoms with Crippen LogP contribution in [0.2, 0.25) is 0 Å². The predicted molar refractivity (Wildman–Crippen MR) is 136 cm³/mol. The number of pyridine rings is 1. The van der Waals surface area contributed by atoms with Crippen molar-refractivity contribution in [3.05, 3.63) is 59.3 Å². The maximum absolute atomic E-state index is 12.7. The highest BCUT2D eigenvalue weighted by atomic mass is 16.2. The molecular formula is C28H36N4O3. The number of amides is 2. The molecule has 2 aromatic rings. The number of nitrogens with one attached hydrogen (secondary N) is 2. The Morgan fingerprint density at radius 2 is 1.97 bits per heavy atom. The average molecular weight is 477 g/mol. The number of ketones is 1. The molecule has 2 aliphatic heterocycles. The number of carbonyl (C=O) groups is 3. The normalized spacial score (nSPS) is 17.9.